The lowest BCUT2D eigenvalue weighted by atomic mass is 10.2. The van der Waals surface area contributed by atoms with Crippen LogP contribution in [0.2, 0.25) is 0 Å². The van der Waals surface area contributed by atoms with Gasteiger partial charge >= 0.3 is 0 Å². The van der Waals surface area contributed by atoms with E-state index in [0.717, 1.165) is 11.8 Å². The highest BCUT2D eigenvalue weighted by atomic mass is 16.5. The van der Waals surface area contributed by atoms with Crippen LogP contribution in [0.4, 0.5) is 0 Å². The Balaban J connectivity index is 2.38. The lowest BCUT2D eigenvalue weighted by Crippen LogP contribution is -2.08. The number of carbonyl (C=O) groups excluding carboxylic acids is 1. The fraction of sp³-hybridized carbons (Fsp3) is 0.300. The van der Waals surface area contributed by atoms with E-state index in [1.165, 1.54) is 0 Å². The van der Waals surface area contributed by atoms with Gasteiger partial charge in [-0.25, -0.2) is 0 Å². The van der Waals surface area contributed by atoms with Crippen molar-refractivity contribution < 1.29 is 9.53 Å². The summed E-state index contributed by atoms with van der Waals surface area (Å²) < 4.78 is 5.21. The highest BCUT2D eigenvalue weighted by molar-refractivity contribution is 5.55. The molecule has 1 aromatic carbocycles. The summed E-state index contributed by atoms with van der Waals surface area (Å²) in [6.45, 7) is 2.23. The maximum absolute atomic E-state index is 10.2. The minimum Gasteiger partial charge on any atom is -0.366 e. The lowest BCUT2D eigenvalue weighted by molar-refractivity contribution is -0.117. The average Bonchev–Trinajstić information content (AvgIpc) is 2.16. The Morgan fingerprint density at radius 1 is 1.42 bits per heavy atom. The van der Waals surface area contributed by atoms with Crippen LogP contribution in [0.3, 0.4) is 0 Å². The Labute approximate surface area is 72.2 Å². The molecule has 0 aliphatic heterocycles. The second kappa shape index (κ2) is 4.67. The van der Waals surface area contributed by atoms with E-state index in [4.69, 9.17) is 4.74 Å². The average molecular weight is 164 g/mol. The number of hydrogen-bond donors (Lipinski definition) is 0. The van der Waals surface area contributed by atoms with E-state index in [-0.39, 0.29) is 6.10 Å². The van der Waals surface area contributed by atoms with Crippen molar-refractivity contribution in [3.05, 3.63) is 35.9 Å². The van der Waals surface area contributed by atoms with Crippen LogP contribution in [-0.2, 0) is 16.1 Å². The van der Waals surface area contributed by atoms with Gasteiger partial charge in [0, 0.05) is 0 Å². The fourth-order valence-electron chi connectivity index (χ4n) is 0.841. The van der Waals surface area contributed by atoms with Crippen LogP contribution in [0.5, 0.6) is 0 Å². The molecule has 0 saturated carbocycles. The third-order valence-electron chi connectivity index (χ3n) is 1.55. The molecule has 12 heavy (non-hydrogen) atoms. The van der Waals surface area contributed by atoms with Crippen molar-refractivity contribution in [2.24, 2.45) is 0 Å². The van der Waals surface area contributed by atoms with Gasteiger partial charge in [-0.1, -0.05) is 30.3 Å². The third-order valence-corrected chi connectivity index (χ3v) is 1.55. The SMILES string of the molecule is CC(C=O)OCc1ccccc1. The zero-order valence-corrected chi connectivity index (χ0v) is 7.07. The molecule has 0 N–H and O–H groups in total. The molecule has 1 rings (SSSR count). The zero-order chi connectivity index (χ0) is 8.81. The Kier molecular flexibility index (Phi) is 3.48. The standard InChI is InChI=1S/C10H12O2/c1-9(7-11)12-8-10-5-3-2-4-6-10/h2-7,9H,8H2,1H3. The number of benzene rings is 1. The van der Waals surface area contributed by atoms with Crippen molar-refractivity contribution in [3.63, 3.8) is 0 Å². The molecule has 0 spiro atoms. The van der Waals surface area contributed by atoms with E-state index in [2.05, 4.69) is 0 Å². The van der Waals surface area contributed by atoms with Gasteiger partial charge in [-0.05, 0) is 12.5 Å². The molecule has 1 atom stereocenters. The van der Waals surface area contributed by atoms with Crippen molar-refractivity contribution in [2.75, 3.05) is 0 Å². The fourth-order valence-corrected chi connectivity index (χ4v) is 0.841. The van der Waals surface area contributed by atoms with E-state index in [9.17, 15) is 4.79 Å². The highest BCUT2D eigenvalue weighted by Gasteiger charge is 1.98. The van der Waals surface area contributed by atoms with Gasteiger partial charge in [-0.15, -0.1) is 0 Å². The first kappa shape index (κ1) is 8.94. The molecular formula is C10H12O2. The van der Waals surface area contributed by atoms with Gasteiger partial charge in [0.15, 0.2) is 0 Å². The van der Waals surface area contributed by atoms with Crippen LogP contribution in [0.15, 0.2) is 30.3 Å². The number of rotatable bonds is 4. The molecule has 2 heteroatoms. The molecule has 64 valence electrons. The molecule has 0 aliphatic rings. The number of aldehydes is 1. The van der Waals surface area contributed by atoms with E-state index >= 15 is 0 Å². The van der Waals surface area contributed by atoms with Crippen molar-refractivity contribution in [1.82, 2.24) is 0 Å². The molecule has 1 aromatic rings. The summed E-state index contributed by atoms with van der Waals surface area (Å²) in [6, 6.07) is 9.79. The molecule has 0 bridgehead atoms. The van der Waals surface area contributed by atoms with Crippen molar-refractivity contribution >= 4 is 6.29 Å². The Morgan fingerprint density at radius 3 is 2.67 bits per heavy atom. The monoisotopic (exact) mass is 164 g/mol. The van der Waals surface area contributed by atoms with E-state index < -0.39 is 0 Å². The molecule has 0 radical (unpaired) electrons. The molecule has 0 saturated heterocycles. The molecule has 1 unspecified atom stereocenters. The van der Waals surface area contributed by atoms with E-state index in [1.807, 2.05) is 30.3 Å². The topological polar surface area (TPSA) is 26.3 Å². The Bertz CT molecular complexity index is 231. The molecule has 0 aliphatic carbocycles. The van der Waals surface area contributed by atoms with E-state index in [1.54, 1.807) is 6.92 Å². The minimum atomic E-state index is -0.315. The molecule has 0 amide bonds. The summed E-state index contributed by atoms with van der Waals surface area (Å²) in [5.41, 5.74) is 1.09. The van der Waals surface area contributed by atoms with Crippen LogP contribution >= 0.6 is 0 Å². The molecular weight excluding hydrogens is 152 g/mol. The molecule has 0 fully saturated rings. The maximum Gasteiger partial charge on any atom is 0.148 e. The summed E-state index contributed by atoms with van der Waals surface area (Å²) in [5.74, 6) is 0. The van der Waals surface area contributed by atoms with Crippen molar-refractivity contribution in [3.8, 4) is 0 Å². The van der Waals surface area contributed by atoms with Gasteiger partial charge in [-0.2, -0.15) is 0 Å². The third kappa shape index (κ3) is 2.84. The normalized spacial score (nSPS) is 12.4. The molecule has 0 aromatic heterocycles. The van der Waals surface area contributed by atoms with Gasteiger partial charge in [0.25, 0.3) is 0 Å². The first-order valence-corrected chi connectivity index (χ1v) is 3.94. The Hall–Kier alpha value is -1.15. The van der Waals surface area contributed by atoms with Gasteiger partial charge in [-0.3, -0.25) is 0 Å². The first-order chi connectivity index (χ1) is 5.83. The molecule has 2 nitrogen and oxygen atoms in total. The maximum atomic E-state index is 10.2. The second-order valence-corrected chi connectivity index (χ2v) is 2.64. The van der Waals surface area contributed by atoms with Crippen molar-refractivity contribution in [1.29, 1.82) is 0 Å². The highest BCUT2D eigenvalue weighted by Crippen LogP contribution is 2.01. The van der Waals surface area contributed by atoms with E-state index in [0.29, 0.717) is 6.61 Å². The number of hydrogen-bond acceptors (Lipinski definition) is 2. The van der Waals surface area contributed by atoms with Gasteiger partial charge in [0.05, 0.1) is 6.61 Å². The van der Waals surface area contributed by atoms with Crippen LogP contribution < -0.4 is 0 Å². The number of ether oxygens (including phenoxy) is 1. The molecule has 0 heterocycles. The van der Waals surface area contributed by atoms with Crippen LogP contribution in [0.25, 0.3) is 0 Å². The summed E-state index contributed by atoms with van der Waals surface area (Å²) >= 11 is 0. The van der Waals surface area contributed by atoms with Crippen molar-refractivity contribution in [2.45, 2.75) is 19.6 Å². The minimum absolute atomic E-state index is 0.315. The summed E-state index contributed by atoms with van der Waals surface area (Å²) in [4.78, 5) is 10.2. The predicted octanol–water partition coefficient (Wildman–Crippen LogP) is 1.79. The Morgan fingerprint density at radius 2 is 2.08 bits per heavy atom. The van der Waals surface area contributed by atoms with Gasteiger partial charge in [0.2, 0.25) is 0 Å². The lowest BCUT2D eigenvalue weighted by Gasteiger charge is -2.05. The van der Waals surface area contributed by atoms with Crippen LogP contribution in [0, 0.1) is 0 Å². The van der Waals surface area contributed by atoms with Gasteiger partial charge < -0.3 is 9.53 Å². The second-order valence-electron chi connectivity index (χ2n) is 2.64. The predicted molar refractivity (Wildman–Crippen MR) is 46.8 cm³/mol. The summed E-state index contributed by atoms with van der Waals surface area (Å²) in [6.07, 6.45) is 0.480. The zero-order valence-electron chi connectivity index (χ0n) is 7.07. The first-order valence-electron chi connectivity index (χ1n) is 3.94. The smallest absolute Gasteiger partial charge is 0.148 e. The number of carbonyl (C=O) groups is 1. The summed E-state index contributed by atoms with van der Waals surface area (Å²) in [5, 5.41) is 0. The van der Waals surface area contributed by atoms with Crippen LogP contribution in [-0.4, -0.2) is 12.4 Å². The quantitative estimate of drug-likeness (QED) is 0.634. The largest absolute Gasteiger partial charge is 0.366 e. The van der Waals surface area contributed by atoms with Crippen LogP contribution in [0.1, 0.15) is 12.5 Å². The summed E-state index contributed by atoms with van der Waals surface area (Å²) in [7, 11) is 0. The van der Waals surface area contributed by atoms with Gasteiger partial charge in [0.1, 0.15) is 12.4 Å².